The van der Waals surface area contributed by atoms with E-state index in [2.05, 4.69) is 4.90 Å². The molecule has 0 aromatic heterocycles. The molecule has 2 aromatic rings. The first kappa shape index (κ1) is 23.7. The van der Waals surface area contributed by atoms with Gasteiger partial charge in [0.1, 0.15) is 11.5 Å². The zero-order chi connectivity index (χ0) is 23.1. The van der Waals surface area contributed by atoms with E-state index in [4.69, 9.17) is 9.47 Å². The molecule has 0 bridgehead atoms. The van der Waals surface area contributed by atoms with Crippen LogP contribution in [0.3, 0.4) is 0 Å². The number of amides is 1. The maximum atomic E-state index is 12.7. The van der Waals surface area contributed by atoms with Gasteiger partial charge in [-0.05, 0) is 30.7 Å². The van der Waals surface area contributed by atoms with E-state index >= 15 is 0 Å². The van der Waals surface area contributed by atoms with Gasteiger partial charge < -0.3 is 19.3 Å². The van der Waals surface area contributed by atoms with Crippen LogP contribution in [0.25, 0.3) is 0 Å². The standard InChI is InChI=1S/C23H31N3O5S/c1-30-20-9-6-8-19(18-20)26(32(3,28)29)13-7-12-23(27)25-16-14-24(15-17-25)21-10-4-5-11-22(21)31-2/h4-6,8-11,18H,7,12-17H2,1-3H3. The first-order valence-electron chi connectivity index (χ1n) is 10.6. The summed E-state index contributed by atoms with van der Waals surface area (Å²) in [4.78, 5) is 16.8. The molecule has 0 radical (unpaired) electrons. The number of rotatable bonds is 9. The number of hydrogen-bond donors (Lipinski definition) is 0. The van der Waals surface area contributed by atoms with Gasteiger partial charge in [-0.2, -0.15) is 0 Å². The van der Waals surface area contributed by atoms with E-state index in [1.165, 1.54) is 17.7 Å². The van der Waals surface area contributed by atoms with Crippen LogP contribution in [-0.2, 0) is 14.8 Å². The number of sulfonamides is 1. The second-order valence-electron chi connectivity index (χ2n) is 7.68. The maximum absolute atomic E-state index is 12.7. The zero-order valence-electron chi connectivity index (χ0n) is 18.9. The van der Waals surface area contributed by atoms with Crippen LogP contribution >= 0.6 is 0 Å². The summed E-state index contributed by atoms with van der Waals surface area (Å²) >= 11 is 0. The van der Waals surface area contributed by atoms with Crippen molar-refractivity contribution in [2.45, 2.75) is 12.8 Å². The van der Waals surface area contributed by atoms with E-state index in [1.54, 1.807) is 31.4 Å². The molecule has 1 heterocycles. The van der Waals surface area contributed by atoms with Gasteiger partial charge in [0.15, 0.2) is 0 Å². The second-order valence-corrected chi connectivity index (χ2v) is 9.59. The van der Waals surface area contributed by atoms with Gasteiger partial charge in [-0.15, -0.1) is 0 Å². The highest BCUT2D eigenvalue weighted by molar-refractivity contribution is 7.92. The lowest BCUT2D eigenvalue weighted by Crippen LogP contribution is -2.49. The molecular formula is C23H31N3O5S. The molecule has 0 unspecified atom stereocenters. The summed E-state index contributed by atoms with van der Waals surface area (Å²) in [6.45, 7) is 2.95. The van der Waals surface area contributed by atoms with Gasteiger partial charge in [-0.25, -0.2) is 8.42 Å². The summed E-state index contributed by atoms with van der Waals surface area (Å²) in [5.74, 6) is 1.45. The van der Waals surface area contributed by atoms with Crippen LogP contribution in [0.4, 0.5) is 11.4 Å². The van der Waals surface area contributed by atoms with Crippen molar-refractivity contribution >= 4 is 27.3 Å². The smallest absolute Gasteiger partial charge is 0.232 e. The summed E-state index contributed by atoms with van der Waals surface area (Å²) in [5, 5.41) is 0. The minimum absolute atomic E-state index is 0.0452. The van der Waals surface area contributed by atoms with Gasteiger partial charge in [-0.3, -0.25) is 9.10 Å². The monoisotopic (exact) mass is 461 g/mol. The molecule has 0 N–H and O–H groups in total. The Morgan fingerprint density at radius 2 is 1.72 bits per heavy atom. The van der Waals surface area contributed by atoms with Crippen molar-refractivity contribution in [3.63, 3.8) is 0 Å². The van der Waals surface area contributed by atoms with E-state index in [-0.39, 0.29) is 12.5 Å². The van der Waals surface area contributed by atoms with Crippen LogP contribution < -0.4 is 18.7 Å². The number of ether oxygens (including phenoxy) is 2. The zero-order valence-corrected chi connectivity index (χ0v) is 19.7. The van der Waals surface area contributed by atoms with Crippen molar-refractivity contribution in [3.8, 4) is 11.5 Å². The SMILES string of the molecule is COc1cccc(N(CCCC(=O)N2CCN(c3ccccc3OC)CC2)S(C)(=O)=O)c1. The maximum Gasteiger partial charge on any atom is 0.232 e. The summed E-state index contributed by atoms with van der Waals surface area (Å²) in [6, 6.07) is 14.8. The van der Waals surface area contributed by atoms with Gasteiger partial charge in [-0.1, -0.05) is 18.2 Å². The fraction of sp³-hybridized carbons (Fsp3) is 0.435. The van der Waals surface area contributed by atoms with Gasteiger partial charge in [0.2, 0.25) is 15.9 Å². The van der Waals surface area contributed by atoms with Gasteiger partial charge in [0.05, 0.1) is 31.9 Å². The third kappa shape index (κ3) is 5.85. The third-order valence-electron chi connectivity index (χ3n) is 5.55. The highest BCUT2D eigenvalue weighted by atomic mass is 32.2. The lowest BCUT2D eigenvalue weighted by Gasteiger charge is -2.36. The topological polar surface area (TPSA) is 79.4 Å². The Balaban J connectivity index is 1.54. The average molecular weight is 462 g/mol. The minimum atomic E-state index is -3.48. The lowest BCUT2D eigenvalue weighted by molar-refractivity contribution is -0.131. The Hall–Kier alpha value is -2.94. The van der Waals surface area contributed by atoms with Crippen LogP contribution in [0.5, 0.6) is 11.5 Å². The molecule has 32 heavy (non-hydrogen) atoms. The van der Waals surface area contributed by atoms with Crippen molar-refractivity contribution in [2.75, 3.05) is 62.4 Å². The predicted molar refractivity (Wildman–Crippen MR) is 126 cm³/mol. The molecule has 8 nitrogen and oxygen atoms in total. The molecule has 3 rings (SSSR count). The molecule has 1 fully saturated rings. The Kier molecular flexibility index (Phi) is 7.84. The normalized spacial score (nSPS) is 14.2. The van der Waals surface area contributed by atoms with E-state index in [9.17, 15) is 13.2 Å². The van der Waals surface area contributed by atoms with Crippen LogP contribution in [0.15, 0.2) is 48.5 Å². The Morgan fingerprint density at radius 3 is 2.38 bits per heavy atom. The van der Waals surface area contributed by atoms with Gasteiger partial charge >= 0.3 is 0 Å². The molecule has 174 valence electrons. The molecule has 0 aliphatic carbocycles. The summed E-state index contributed by atoms with van der Waals surface area (Å²) in [7, 11) is -0.281. The van der Waals surface area contributed by atoms with Crippen molar-refractivity contribution in [3.05, 3.63) is 48.5 Å². The molecule has 0 spiro atoms. The first-order chi connectivity index (χ1) is 15.3. The Bertz CT molecular complexity index is 1020. The first-order valence-corrected chi connectivity index (χ1v) is 12.5. The quantitative estimate of drug-likeness (QED) is 0.571. The number of carbonyl (C=O) groups excluding carboxylic acids is 1. The molecule has 1 amide bonds. The predicted octanol–water partition coefficient (Wildman–Crippen LogP) is 2.60. The Morgan fingerprint density at radius 1 is 1.00 bits per heavy atom. The van der Waals surface area contributed by atoms with E-state index in [1.807, 2.05) is 29.2 Å². The number of hydrogen-bond acceptors (Lipinski definition) is 6. The number of methoxy groups -OCH3 is 2. The molecule has 0 atom stereocenters. The second kappa shape index (κ2) is 10.6. The number of nitrogens with zero attached hydrogens (tertiary/aromatic N) is 3. The summed E-state index contributed by atoms with van der Waals surface area (Å²) in [6.07, 6.45) is 1.91. The Labute approximate surface area is 190 Å². The number of carbonyl (C=O) groups is 1. The van der Waals surface area contributed by atoms with Gasteiger partial charge in [0, 0.05) is 45.2 Å². The molecule has 0 saturated carbocycles. The lowest BCUT2D eigenvalue weighted by atomic mass is 10.2. The molecule has 1 aliphatic rings. The number of para-hydroxylation sites is 2. The van der Waals surface area contributed by atoms with Crippen molar-refractivity contribution < 1.29 is 22.7 Å². The molecule has 1 aliphatic heterocycles. The summed E-state index contributed by atoms with van der Waals surface area (Å²) in [5.41, 5.74) is 1.56. The van der Waals surface area contributed by atoms with Crippen molar-refractivity contribution in [2.24, 2.45) is 0 Å². The highest BCUT2D eigenvalue weighted by Gasteiger charge is 2.24. The fourth-order valence-corrected chi connectivity index (χ4v) is 4.83. The minimum Gasteiger partial charge on any atom is -0.497 e. The van der Waals surface area contributed by atoms with Gasteiger partial charge in [0.25, 0.3) is 0 Å². The van der Waals surface area contributed by atoms with Crippen LogP contribution in [0.1, 0.15) is 12.8 Å². The number of benzene rings is 2. The average Bonchev–Trinajstić information content (AvgIpc) is 2.81. The molecule has 2 aromatic carbocycles. The van der Waals surface area contributed by atoms with E-state index < -0.39 is 10.0 Å². The van der Waals surface area contributed by atoms with Crippen LogP contribution in [-0.4, -0.2) is 72.4 Å². The van der Waals surface area contributed by atoms with E-state index in [0.717, 1.165) is 24.5 Å². The van der Waals surface area contributed by atoms with Crippen molar-refractivity contribution in [1.82, 2.24) is 4.90 Å². The van der Waals surface area contributed by atoms with Crippen molar-refractivity contribution in [1.29, 1.82) is 0 Å². The summed E-state index contributed by atoms with van der Waals surface area (Å²) < 4.78 is 36.6. The molecule has 9 heteroatoms. The largest absolute Gasteiger partial charge is 0.497 e. The fourth-order valence-electron chi connectivity index (χ4n) is 3.87. The molecular weight excluding hydrogens is 430 g/mol. The number of piperazine rings is 1. The third-order valence-corrected chi connectivity index (χ3v) is 6.75. The van der Waals surface area contributed by atoms with Crippen LogP contribution in [0, 0.1) is 0 Å². The number of anilines is 2. The van der Waals surface area contributed by atoms with E-state index in [0.29, 0.717) is 37.4 Å². The van der Waals surface area contributed by atoms with Crippen LogP contribution in [0.2, 0.25) is 0 Å². The molecule has 1 saturated heterocycles. The highest BCUT2D eigenvalue weighted by Crippen LogP contribution is 2.28.